The third kappa shape index (κ3) is 5.38. The average Bonchev–Trinajstić information content (AvgIpc) is 2.43. The molecule has 0 spiro atoms. The highest BCUT2D eigenvalue weighted by Gasteiger charge is 2.17. The Morgan fingerprint density at radius 3 is 1.53 bits per heavy atom. The van der Waals surface area contributed by atoms with Crippen molar-refractivity contribution < 1.29 is 0 Å². The van der Waals surface area contributed by atoms with E-state index in [4.69, 9.17) is 0 Å². The predicted octanol–water partition coefficient (Wildman–Crippen LogP) is 0.652. The fraction of sp³-hybridized carbons (Fsp3) is 1.00. The van der Waals surface area contributed by atoms with Gasteiger partial charge in [-0.05, 0) is 39.5 Å². The second-order valence-electron chi connectivity index (χ2n) is 6.18. The van der Waals surface area contributed by atoms with Gasteiger partial charge in [0.1, 0.15) is 0 Å². The first-order valence-electron chi connectivity index (χ1n) is 8.13. The first-order chi connectivity index (χ1) is 9.28. The molecule has 2 fully saturated rings. The van der Waals surface area contributed by atoms with Gasteiger partial charge >= 0.3 is 0 Å². The minimum Gasteiger partial charge on any atom is -0.304 e. The molecule has 0 amide bonds. The minimum absolute atomic E-state index is 1.25. The maximum Gasteiger partial charge on any atom is 0.0110 e. The summed E-state index contributed by atoms with van der Waals surface area (Å²) in [5.41, 5.74) is 0. The van der Waals surface area contributed by atoms with Crippen molar-refractivity contribution >= 4 is 0 Å². The summed E-state index contributed by atoms with van der Waals surface area (Å²) < 4.78 is 0. The van der Waals surface area contributed by atoms with E-state index >= 15 is 0 Å². The molecule has 4 nitrogen and oxygen atoms in total. The Labute approximate surface area is 119 Å². The van der Waals surface area contributed by atoms with Crippen LogP contribution in [0.5, 0.6) is 0 Å². The van der Waals surface area contributed by atoms with Crippen LogP contribution in [-0.4, -0.2) is 98.6 Å². The first kappa shape index (κ1) is 15.2. The van der Waals surface area contributed by atoms with Gasteiger partial charge in [0.15, 0.2) is 0 Å². The highest BCUT2D eigenvalue weighted by atomic mass is 15.3. The Hall–Kier alpha value is -0.160. The Bertz CT molecular complexity index is 230. The largest absolute Gasteiger partial charge is 0.304 e. The lowest BCUT2D eigenvalue weighted by Gasteiger charge is -2.36. The van der Waals surface area contributed by atoms with E-state index in [1.165, 1.54) is 84.8 Å². The van der Waals surface area contributed by atoms with Crippen LogP contribution in [0.2, 0.25) is 0 Å². The maximum atomic E-state index is 2.65. The Kier molecular flexibility index (Phi) is 6.57. The summed E-state index contributed by atoms with van der Waals surface area (Å²) in [6.45, 7) is 16.3. The van der Waals surface area contributed by atoms with Crippen molar-refractivity contribution in [2.45, 2.75) is 19.8 Å². The van der Waals surface area contributed by atoms with Crippen LogP contribution >= 0.6 is 0 Å². The third-order valence-electron chi connectivity index (χ3n) is 4.55. The van der Waals surface area contributed by atoms with Crippen LogP contribution in [0, 0.1) is 0 Å². The van der Waals surface area contributed by atoms with E-state index in [1.807, 2.05) is 0 Å². The van der Waals surface area contributed by atoms with Crippen LogP contribution in [0.15, 0.2) is 0 Å². The van der Waals surface area contributed by atoms with Gasteiger partial charge in [-0.3, -0.25) is 0 Å². The zero-order chi connectivity index (χ0) is 13.5. The summed E-state index contributed by atoms with van der Waals surface area (Å²) in [5, 5.41) is 0. The van der Waals surface area contributed by atoms with Crippen molar-refractivity contribution in [3.63, 3.8) is 0 Å². The lowest BCUT2D eigenvalue weighted by Crippen LogP contribution is -2.48. The quantitative estimate of drug-likeness (QED) is 0.701. The van der Waals surface area contributed by atoms with E-state index in [2.05, 4.69) is 33.6 Å². The van der Waals surface area contributed by atoms with Gasteiger partial charge in [-0.15, -0.1) is 0 Å². The monoisotopic (exact) mass is 268 g/mol. The van der Waals surface area contributed by atoms with E-state index in [9.17, 15) is 0 Å². The van der Waals surface area contributed by atoms with Crippen LogP contribution in [-0.2, 0) is 0 Å². The van der Waals surface area contributed by atoms with Gasteiger partial charge in [-0.25, -0.2) is 0 Å². The molecule has 2 saturated heterocycles. The summed E-state index contributed by atoms with van der Waals surface area (Å²) in [5.74, 6) is 0. The predicted molar refractivity (Wildman–Crippen MR) is 81.7 cm³/mol. The van der Waals surface area contributed by atoms with Gasteiger partial charge in [0.05, 0.1) is 0 Å². The molecular formula is C15H32N4. The van der Waals surface area contributed by atoms with Crippen molar-refractivity contribution in [1.29, 1.82) is 0 Å². The Morgan fingerprint density at radius 2 is 1.05 bits per heavy atom. The third-order valence-corrected chi connectivity index (χ3v) is 4.55. The van der Waals surface area contributed by atoms with Gasteiger partial charge in [0.2, 0.25) is 0 Å². The van der Waals surface area contributed by atoms with Crippen LogP contribution in [0.25, 0.3) is 0 Å². The van der Waals surface area contributed by atoms with E-state index < -0.39 is 0 Å². The number of rotatable bonds is 6. The second kappa shape index (κ2) is 8.20. The van der Waals surface area contributed by atoms with Crippen molar-refractivity contribution in [2.75, 3.05) is 79.0 Å². The second-order valence-corrected chi connectivity index (χ2v) is 6.18. The molecule has 112 valence electrons. The summed E-state index contributed by atoms with van der Waals surface area (Å²) in [7, 11) is 2.23. The zero-order valence-electron chi connectivity index (χ0n) is 13.0. The van der Waals surface area contributed by atoms with Crippen molar-refractivity contribution in [3.05, 3.63) is 0 Å². The molecule has 0 aliphatic carbocycles. The van der Waals surface area contributed by atoms with Crippen molar-refractivity contribution in [3.8, 4) is 0 Å². The molecule has 19 heavy (non-hydrogen) atoms. The molecule has 0 radical (unpaired) electrons. The number of piperazine rings is 2. The van der Waals surface area contributed by atoms with Crippen LogP contribution in [0.3, 0.4) is 0 Å². The standard InChI is InChI=1S/C15H32N4/c1-3-5-17-12-14-19(15-13-17)7-4-6-18-10-8-16(2)9-11-18/h3-15H2,1-2H3. The number of nitrogens with zero attached hydrogens (tertiary/aromatic N) is 4. The van der Waals surface area contributed by atoms with Gasteiger partial charge < -0.3 is 19.6 Å². The fourth-order valence-corrected chi connectivity index (χ4v) is 3.14. The van der Waals surface area contributed by atoms with Gasteiger partial charge in [-0.1, -0.05) is 6.92 Å². The molecular weight excluding hydrogens is 236 g/mol. The SMILES string of the molecule is CCCN1CCN(CCCN2CCN(C)CC2)CC1. The molecule has 2 aliphatic heterocycles. The molecule has 0 unspecified atom stereocenters. The molecule has 0 saturated carbocycles. The highest BCUT2D eigenvalue weighted by Crippen LogP contribution is 2.05. The molecule has 0 N–H and O–H groups in total. The van der Waals surface area contributed by atoms with E-state index in [-0.39, 0.29) is 0 Å². The molecule has 0 atom stereocenters. The average molecular weight is 268 g/mol. The Balaban J connectivity index is 1.52. The lowest BCUT2D eigenvalue weighted by atomic mass is 10.2. The number of hydrogen-bond donors (Lipinski definition) is 0. The van der Waals surface area contributed by atoms with E-state index in [1.54, 1.807) is 0 Å². The lowest BCUT2D eigenvalue weighted by molar-refractivity contribution is 0.117. The summed E-state index contributed by atoms with van der Waals surface area (Å²) in [6, 6.07) is 0. The molecule has 2 rings (SSSR count). The van der Waals surface area contributed by atoms with Crippen LogP contribution in [0.1, 0.15) is 19.8 Å². The molecule has 2 aliphatic rings. The molecule has 0 aromatic carbocycles. The molecule has 4 heteroatoms. The van der Waals surface area contributed by atoms with Crippen LogP contribution < -0.4 is 0 Å². The van der Waals surface area contributed by atoms with Gasteiger partial charge in [-0.2, -0.15) is 0 Å². The molecule has 0 aromatic heterocycles. The van der Waals surface area contributed by atoms with Gasteiger partial charge in [0, 0.05) is 52.4 Å². The molecule has 0 aromatic rings. The smallest absolute Gasteiger partial charge is 0.0110 e. The van der Waals surface area contributed by atoms with E-state index in [0.29, 0.717) is 0 Å². The van der Waals surface area contributed by atoms with Crippen molar-refractivity contribution in [1.82, 2.24) is 19.6 Å². The van der Waals surface area contributed by atoms with E-state index in [0.717, 1.165) is 0 Å². The van der Waals surface area contributed by atoms with Crippen molar-refractivity contribution in [2.24, 2.45) is 0 Å². The maximum absolute atomic E-state index is 2.65. The fourth-order valence-electron chi connectivity index (χ4n) is 3.14. The van der Waals surface area contributed by atoms with Crippen LogP contribution in [0.4, 0.5) is 0 Å². The highest BCUT2D eigenvalue weighted by molar-refractivity contribution is 4.73. The summed E-state index contributed by atoms with van der Waals surface area (Å²) >= 11 is 0. The summed E-state index contributed by atoms with van der Waals surface area (Å²) in [6.07, 6.45) is 2.64. The summed E-state index contributed by atoms with van der Waals surface area (Å²) in [4.78, 5) is 10.3. The van der Waals surface area contributed by atoms with Gasteiger partial charge in [0.25, 0.3) is 0 Å². The molecule has 0 bridgehead atoms. The number of hydrogen-bond acceptors (Lipinski definition) is 4. The molecule has 2 heterocycles. The normalized spacial score (nSPS) is 24.9. The topological polar surface area (TPSA) is 13.0 Å². The number of likely N-dealkylation sites (N-methyl/N-ethyl adjacent to an activating group) is 1. The zero-order valence-corrected chi connectivity index (χ0v) is 13.0. The first-order valence-corrected chi connectivity index (χ1v) is 8.13. The minimum atomic E-state index is 1.25. The Morgan fingerprint density at radius 1 is 0.632 bits per heavy atom.